The number of carboxylic acids is 1. The second-order valence-corrected chi connectivity index (χ2v) is 4.65. The maximum Gasteiger partial charge on any atom is 0.335 e. The lowest BCUT2D eigenvalue weighted by atomic mass is 10.1. The molecule has 0 fully saturated rings. The molecule has 0 aliphatic heterocycles. The molecule has 21 heavy (non-hydrogen) atoms. The van der Waals surface area contributed by atoms with E-state index in [0.717, 1.165) is 5.56 Å². The first kappa shape index (κ1) is 14.8. The van der Waals surface area contributed by atoms with Gasteiger partial charge in [-0.25, -0.2) is 9.18 Å². The van der Waals surface area contributed by atoms with Crippen LogP contribution in [0.5, 0.6) is 5.75 Å². The standard InChI is InChI=1S/C16H16FNO3/c1-10(11-6-7-14(17)15(9-11)21-2)18-13-5-3-4-12(8-13)16(19)20/h3-10,18H,1-2H3,(H,19,20). The molecule has 0 aliphatic carbocycles. The van der Waals surface area contributed by atoms with Gasteiger partial charge in [0.15, 0.2) is 11.6 Å². The number of hydrogen-bond donors (Lipinski definition) is 2. The minimum atomic E-state index is -0.977. The fourth-order valence-corrected chi connectivity index (χ4v) is 2.02. The van der Waals surface area contributed by atoms with Gasteiger partial charge in [0.2, 0.25) is 0 Å². The molecule has 110 valence electrons. The Labute approximate surface area is 122 Å². The quantitative estimate of drug-likeness (QED) is 0.881. The Morgan fingerprint density at radius 3 is 2.71 bits per heavy atom. The maximum atomic E-state index is 13.4. The molecule has 0 bridgehead atoms. The van der Waals surface area contributed by atoms with Crippen molar-refractivity contribution in [2.45, 2.75) is 13.0 Å². The summed E-state index contributed by atoms with van der Waals surface area (Å²) in [6.45, 7) is 1.90. The van der Waals surface area contributed by atoms with Gasteiger partial charge in [-0.05, 0) is 42.8 Å². The van der Waals surface area contributed by atoms with E-state index in [1.165, 1.54) is 19.2 Å². The van der Waals surface area contributed by atoms with Crippen LogP contribution >= 0.6 is 0 Å². The molecule has 0 radical (unpaired) electrons. The van der Waals surface area contributed by atoms with Crippen molar-refractivity contribution < 1.29 is 19.0 Å². The van der Waals surface area contributed by atoms with Gasteiger partial charge in [-0.2, -0.15) is 0 Å². The summed E-state index contributed by atoms with van der Waals surface area (Å²) in [7, 11) is 1.41. The number of hydrogen-bond acceptors (Lipinski definition) is 3. The predicted octanol–water partition coefficient (Wildman–Crippen LogP) is 3.71. The second-order valence-electron chi connectivity index (χ2n) is 4.65. The van der Waals surface area contributed by atoms with Gasteiger partial charge in [-0.15, -0.1) is 0 Å². The molecule has 1 unspecified atom stereocenters. The third-order valence-electron chi connectivity index (χ3n) is 3.17. The average Bonchev–Trinajstić information content (AvgIpc) is 2.47. The molecule has 0 aliphatic rings. The van der Waals surface area contributed by atoms with Gasteiger partial charge < -0.3 is 15.2 Å². The van der Waals surface area contributed by atoms with Crippen LogP contribution in [0.4, 0.5) is 10.1 Å². The van der Waals surface area contributed by atoms with E-state index in [-0.39, 0.29) is 17.4 Å². The maximum absolute atomic E-state index is 13.4. The fourth-order valence-electron chi connectivity index (χ4n) is 2.02. The van der Waals surface area contributed by atoms with E-state index in [1.807, 2.05) is 6.92 Å². The molecule has 2 aromatic carbocycles. The van der Waals surface area contributed by atoms with Gasteiger partial charge in [0.1, 0.15) is 0 Å². The highest BCUT2D eigenvalue weighted by Crippen LogP contribution is 2.25. The van der Waals surface area contributed by atoms with Gasteiger partial charge in [0, 0.05) is 11.7 Å². The van der Waals surface area contributed by atoms with Gasteiger partial charge in [0.05, 0.1) is 12.7 Å². The van der Waals surface area contributed by atoms with Crippen LogP contribution in [-0.2, 0) is 0 Å². The Kier molecular flexibility index (Phi) is 4.42. The molecule has 0 saturated heterocycles. The van der Waals surface area contributed by atoms with Crippen molar-refractivity contribution in [1.29, 1.82) is 0 Å². The van der Waals surface area contributed by atoms with Crippen LogP contribution in [0.2, 0.25) is 0 Å². The van der Waals surface area contributed by atoms with Crippen molar-refractivity contribution >= 4 is 11.7 Å². The number of benzene rings is 2. The number of ether oxygens (including phenoxy) is 1. The lowest BCUT2D eigenvalue weighted by molar-refractivity contribution is 0.0697. The number of carbonyl (C=O) groups is 1. The number of carboxylic acid groups (broad SMARTS) is 1. The van der Waals surface area contributed by atoms with E-state index in [9.17, 15) is 9.18 Å². The fraction of sp³-hybridized carbons (Fsp3) is 0.188. The minimum Gasteiger partial charge on any atom is -0.494 e. The van der Waals surface area contributed by atoms with E-state index in [1.54, 1.807) is 30.3 Å². The van der Waals surface area contributed by atoms with E-state index in [2.05, 4.69) is 5.32 Å². The summed E-state index contributed by atoms with van der Waals surface area (Å²) in [5.41, 5.74) is 1.74. The minimum absolute atomic E-state index is 0.122. The lowest BCUT2D eigenvalue weighted by Gasteiger charge is -2.17. The number of aromatic carboxylic acids is 1. The van der Waals surface area contributed by atoms with Gasteiger partial charge >= 0.3 is 5.97 Å². The summed E-state index contributed by atoms with van der Waals surface area (Å²) in [5.74, 6) is -1.21. The van der Waals surface area contributed by atoms with Crippen LogP contribution in [0.1, 0.15) is 28.9 Å². The van der Waals surface area contributed by atoms with Gasteiger partial charge in [-0.3, -0.25) is 0 Å². The Balaban J connectivity index is 2.19. The highest BCUT2D eigenvalue weighted by atomic mass is 19.1. The van der Waals surface area contributed by atoms with E-state index < -0.39 is 11.8 Å². The normalized spacial score (nSPS) is 11.8. The van der Waals surface area contributed by atoms with E-state index in [4.69, 9.17) is 9.84 Å². The van der Waals surface area contributed by atoms with Crippen LogP contribution in [0.15, 0.2) is 42.5 Å². The predicted molar refractivity (Wildman–Crippen MR) is 78.4 cm³/mol. The molecule has 2 aromatic rings. The van der Waals surface area contributed by atoms with Crippen LogP contribution in [0.25, 0.3) is 0 Å². The van der Waals surface area contributed by atoms with Gasteiger partial charge in [-0.1, -0.05) is 12.1 Å². The van der Waals surface area contributed by atoms with Crippen molar-refractivity contribution in [3.8, 4) is 5.75 Å². The summed E-state index contributed by atoms with van der Waals surface area (Å²) in [4.78, 5) is 10.9. The number of rotatable bonds is 5. The van der Waals surface area contributed by atoms with Crippen molar-refractivity contribution in [3.05, 3.63) is 59.4 Å². The Morgan fingerprint density at radius 2 is 2.05 bits per heavy atom. The summed E-state index contributed by atoms with van der Waals surface area (Å²) in [6.07, 6.45) is 0. The molecular weight excluding hydrogens is 273 g/mol. The van der Waals surface area contributed by atoms with Crippen LogP contribution in [-0.4, -0.2) is 18.2 Å². The monoisotopic (exact) mass is 289 g/mol. The summed E-state index contributed by atoms with van der Waals surface area (Å²) in [6, 6.07) is 11.0. The van der Waals surface area contributed by atoms with Crippen LogP contribution in [0.3, 0.4) is 0 Å². The zero-order valence-electron chi connectivity index (χ0n) is 11.8. The van der Waals surface area contributed by atoms with Crippen LogP contribution in [0, 0.1) is 5.82 Å². The SMILES string of the molecule is COc1cc(C(C)Nc2cccc(C(=O)O)c2)ccc1F. The zero-order chi connectivity index (χ0) is 15.4. The Morgan fingerprint density at radius 1 is 1.29 bits per heavy atom. The van der Waals surface area contributed by atoms with Crippen LogP contribution < -0.4 is 10.1 Å². The number of halogens is 1. The molecule has 4 nitrogen and oxygen atoms in total. The molecule has 0 saturated carbocycles. The zero-order valence-corrected chi connectivity index (χ0v) is 11.8. The molecule has 0 aromatic heterocycles. The summed E-state index contributed by atoms with van der Waals surface area (Å²) >= 11 is 0. The first-order valence-corrected chi connectivity index (χ1v) is 6.44. The highest BCUT2D eigenvalue weighted by Gasteiger charge is 2.10. The average molecular weight is 289 g/mol. The molecule has 0 heterocycles. The Hall–Kier alpha value is -2.56. The summed E-state index contributed by atoms with van der Waals surface area (Å²) < 4.78 is 18.3. The molecule has 2 rings (SSSR count). The van der Waals surface area contributed by atoms with E-state index >= 15 is 0 Å². The highest BCUT2D eigenvalue weighted by molar-refractivity contribution is 5.88. The number of methoxy groups -OCH3 is 1. The third kappa shape index (κ3) is 3.51. The number of anilines is 1. The van der Waals surface area contributed by atoms with Crippen molar-refractivity contribution in [3.63, 3.8) is 0 Å². The molecule has 5 heteroatoms. The van der Waals surface area contributed by atoms with Gasteiger partial charge in [0.25, 0.3) is 0 Å². The summed E-state index contributed by atoms with van der Waals surface area (Å²) in [5, 5.41) is 12.2. The molecule has 0 spiro atoms. The van der Waals surface area contributed by atoms with Crippen molar-refractivity contribution in [2.75, 3.05) is 12.4 Å². The number of nitrogens with one attached hydrogen (secondary N) is 1. The van der Waals surface area contributed by atoms with E-state index in [0.29, 0.717) is 5.69 Å². The third-order valence-corrected chi connectivity index (χ3v) is 3.17. The topological polar surface area (TPSA) is 58.6 Å². The molecule has 1 atom stereocenters. The molecule has 2 N–H and O–H groups in total. The van der Waals surface area contributed by atoms with Crippen molar-refractivity contribution in [1.82, 2.24) is 0 Å². The second kappa shape index (κ2) is 6.26. The molecule has 0 amide bonds. The smallest absolute Gasteiger partial charge is 0.335 e. The Bertz CT molecular complexity index is 658. The first-order chi connectivity index (χ1) is 10.0. The first-order valence-electron chi connectivity index (χ1n) is 6.44. The largest absolute Gasteiger partial charge is 0.494 e. The van der Waals surface area contributed by atoms with Crippen molar-refractivity contribution in [2.24, 2.45) is 0 Å². The molecular formula is C16H16FNO3. The lowest BCUT2D eigenvalue weighted by Crippen LogP contribution is -2.08.